The number of aryl methyl sites for hydroxylation is 1. The number of H-pyrrole nitrogens is 1. The monoisotopic (exact) mass is 400 g/mol. The zero-order valence-electron chi connectivity index (χ0n) is 17.3. The van der Waals surface area contributed by atoms with E-state index in [-0.39, 0.29) is 5.91 Å². The van der Waals surface area contributed by atoms with Gasteiger partial charge in [0.2, 0.25) is 0 Å². The minimum atomic E-state index is -0.231. The van der Waals surface area contributed by atoms with E-state index in [1.54, 1.807) is 24.7 Å². The smallest absolute Gasteiger partial charge is 0.258 e. The molecule has 4 aromatic rings. The highest BCUT2D eigenvalue weighted by Crippen LogP contribution is 2.25. The highest BCUT2D eigenvalue weighted by atomic mass is 16.1. The van der Waals surface area contributed by atoms with Crippen molar-refractivity contribution in [2.45, 2.75) is 20.8 Å². The summed E-state index contributed by atoms with van der Waals surface area (Å²) < 4.78 is 0. The molecule has 0 saturated heterocycles. The van der Waals surface area contributed by atoms with Crippen LogP contribution in [0.3, 0.4) is 0 Å². The van der Waals surface area contributed by atoms with Gasteiger partial charge in [0.25, 0.3) is 5.91 Å². The first-order valence-electron chi connectivity index (χ1n) is 10.0. The first kappa shape index (κ1) is 19.6. The number of hydrogen-bond acceptors (Lipinski definition) is 5. The third-order valence-electron chi connectivity index (χ3n) is 5.19. The van der Waals surface area contributed by atoms with Crippen LogP contribution in [0.4, 0.5) is 11.4 Å². The van der Waals surface area contributed by atoms with Gasteiger partial charge in [0, 0.05) is 36.7 Å². The molecule has 152 valence electrons. The summed E-state index contributed by atoms with van der Waals surface area (Å²) in [4.78, 5) is 31.4. The number of benzene rings is 1. The van der Waals surface area contributed by atoms with Crippen molar-refractivity contribution >= 4 is 28.4 Å². The third-order valence-corrected chi connectivity index (χ3v) is 5.19. The van der Waals surface area contributed by atoms with Crippen molar-refractivity contribution in [1.82, 2.24) is 19.9 Å². The number of aromatic amines is 1. The molecule has 0 aliphatic rings. The maximum Gasteiger partial charge on any atom is 0.258 e. The Morgan fingerprint density at radius 2 is 1.83 bits per heavy atom. The fraction of sp³-hybridized carbons (Fsp3) is 0.217. The molecular formula is C23H24N6O. The molecule has 0 aliphatic carbocycles. The lowest BCUT2D eigenvalue weighted by molar-refractivity contribution is 0.102. The van der Waals surface area contributed by atoms with Gasteiger partial charge in [0.15, 0.2) is 5.65 Å². The van der Waals surface area contributed by atoms with E-state index in [1.807, 2.05) is 25.1 Å². The van der Waals surface area contributed by atoms with Gasteiger partial charge in [-0.25, -0.2) is 9.97 Å². The van der Waals surface area contributed by atoms with Crippen LogP contribution in [0, 0.1) is 6.92 Å². The fourth-order valence-corrected chi connectivity index (χ4v) is 3.44. The zero-order valence-corrected chi connectivity index (χ0v) is 17.3. The summed E-state index contributed by atoms with van der Waals surface area (Å²) in [6.45, 7) is 8.12. The Kier molecular flexibility index (Phi) is 5.43. The van der Waals surface area contributed by atoms with E-state index in [9.17, 15) is 4.79 Å². The lowest BCUT2D eigenvalue weighted by Gasteiger charge is -2.20. The summed E-state index contributed by atoms with van der Waals surface area (Å²) in [5.74, 6) is 0.451. The van der Waals surface area contributed by atoms with Crippen LogP contribution in [-0.4, -0.2) is 38.9 Å². The molecule has 3 heterocycles. The molecule has 30 heavy (non-hydrogen) atoms. The Hall–Kier alpha value is -3.74. The fourth-order valence-electron chi connectivity index (χ4n) is 3.44. The van der Waals surface area contributed by atoms with Crippen molar-refractivity contribution in [3.8, 4) is 11.4 Å². The Labute approximate surface area is 175 Å². The molecular weight excluding hydrogens is 376 g/mol. The van der Waals surface area contributed by atoms with E-state index in [4.69, 9.17) is 0 Å². The van der Waals surface area contributed by atoms with Crippen molar-refractivity contribution < 1.29 is 4.79 Å². The van der Waals surface area contributed by atoms with E-state index in [0.29, 0.717) is 28.2 Å². The summed E-state index contributed by atoms with van der Waals surface area (Å²) in [5.41, 5.74) is 5.35. The van der Waals surface area contributed by atoms with Gasteiger partial charge in [0.1, 0.15) is 5.82 Å². The molecule has 2 N–H and O–H groups in total. The second-order valence-electron chi connectivity index (χ2n) is 7.01. The number of carbonyl (C=O) groups excluding carboxylic acids is 1. The Morgan fingerprint density at radius 3 is 2.53 bits per heavy atom. The van der Waals surface area contributed by atoms with E-state index in [0.717, 1.165) is 24.2 Å². The molecule has 7 nitrogen and oxygen atoms in total. The molecule has 3 aromatic heterocycles. The number of anilines is 2. The molecule has 0 spiro atoms. The molecule has 0 atom stereocenters. The first-order chi connectivity index (χ1) is 14.6. The van der Waals surface area contributed by atoms with E-state index >= 15 is 0 Å². The number of fused-ring (bicyclic) bond motifs is 1. The number of carbonyl (C=O) groups is 1. The maximum atomic E-state index is 12.9. The van der Waals surface area contributed by atoms with E-state index < -0.39 is 0 Å². The van der Waals surface area contributed by atoms with Crippen LogP contribution in [0.5, 0.6) is 0 Å². The zero-order chi connectivity index (χ0) is 21.1. The van der Waals surface area contributed by atoms with Gasteiger partial charge < -0.3 is 15.2 Å². The van der Waals surface area contributed by atoms with Crippen LogP contribution in [-0.2, 0) is 0 Å². The van der Waals surface area contributed by atoms with Gasteiger partial charge in [-0.15, -0.1) is 0 Å². The summed E-state index contributed by atoms with van der Waals surface area (Å²) in [5, 5.41) is 2.92. The third kappa shape index (κ3) is 3.74. The van der Waals surface area contributed by atoms with Gasteiger partial charge >= 0.3 is 0 Å². The molecule has 1 aromatic carbocycles. The van der Waals surface area contributed by atoms with Crippen molar-refractivity contribution in [3.05, 3.63) is 66.1 Å². The Morgan fingerprint density at radius 1 is 1.07 bits per heavy atom. The predicted octanol–water partition coefficient (Wildman–Crippen LogP) is 4.43. The highest BCUT2D eigenvalue weighted by Gasteiger charge is 2.16. The molecule has 7 heteroatoms. The molecule has 0 saturated carbocycles. The van der Waals surface area contributed by atoms with E-state index in [1.165, 1.54) is 5.69 Å². The number of aromatic nitrogens is 4. The Balaban J connectivity index is 1.65. The van der Waals surface area contributed by atoms with Gasteiger partial charge in [-0.2, -0.15) is 0 Å². The number of nitrogens with one attached hydrogen (secondary N) is 2. The highest BCUT2D eigenvalue weighted by molar-refractivity contribution is 6.11. The van der Waals surface area contributed by atoms with E-state index in [2.05, 4.69) is 56.1 Å². The number of amides is 1. The van der Waals surface area contributed by atoms with Crippen molar-refractivity contribution in [2.75, 3.05) is 23.3 Å². The number of imidazole rings is 1. The molecule has 1 amide bonds. The molecule has 4 rings (SSSR count). The first-order valence-corrected chi connectivity index (χ1v) is 10.0. The topological polar surface area (TPSA) is 86.8 Å². The molecule has 0 unspecified atom stereocenters. The normalized spacial score (nSPS) is 10.9. The summed E-state index contributed by atoms with van der Waals surface area (Å²) >= 11 is 0. The second-order valence-corrected chi connectivity index (χ2v) is 7.01. The Bertz CT molecular complexity index is 1180. The van der Waals surface area contributed by atoms with Crippen molar-refractivity contribution in [1.29, 1.82) is 0 Å². The summed E-state index contributed by atoms with van der Waals surface area (Å²) in [6.07, 6.45) is 4.94. The summed E-state index contributed by atoms with van der Waals surface area (Å²) in [7, 11) is 0. The summed E-state index contributed by atoms with van der Waals surface area (Å²) in [6, 6.07) is 11.8. The molecule has 0 bridgehead atoms. The second kappa shape index (κ2) is 8.32. The number of rotatable bonds is 6. The minimum Gasteiger partial charge on any atom is -0.372 e. The predicted molar refractivity (Wildman–Crippen MR) is 120 cm³/mol. The van der Waals surface area contributed by atoms with Crippen LogP contribution in [0.25, 0.3) is 22.6 Å². The van der Waals surface area contributed by atoms with Gasteiger partial charge in [-0.05, 0) is 62.7 Å². The largest absolute Gasteiger partial charge is 0.372 e. The number of pyridine rings is 2. The minimum absolute atomic E-state index is 0.231. The molecule has 0 fully saturated rings. The SMILES string of the molecule is CCN(CC)c1ccc(-c2nc3nccc(C(=O)Nc4cnccc4C)c3[nH]2)cc1. The van der Waals surface area contributed by atoms with Crippen LogP contribution in [0.2, 0.25) is 0 Å². The molecule has 0 aliphatic heterocycles. The van der Waals surface area contributed by atoms with Gasteiger partial charge in [-0.1, -0.05) is 0 Å². The molecule has 0 radical (unpaired) electrons. The lowest BCUT2D eigenvalue weighted by atomic mass is 10.2. The van der Waals surface area contributed by atoms with Gasteiger partial charge in [0.05, 0.1) is 23.0 Å². The quantitative estimate of drug-likeness (QED) is 0.500. The average molecular weight is 400 g/mol. The average Bonchev–Trinajstić information content (AvgIpc) is 3.21. The van der Waals surface area contributed by atoms with Crippen LogP contribution < -0.4 is 10.2 Å². The van der Waals surface area contributed by atoms with Crippen molar-refractivity contribution in [3.63, 3.8) is 0 Å². The lowest BCUT2D eigenvalue weighted by Crippen LogP contribution is -2.21. The number of hydrogen-bond donors (Lipinski definition) is 2. The number of nitrogens with zero attached hydrogens (tertiary/aromatic N) is 4. The standard InChI is InChI=1S/C23H24N6O/c1-4-29(5-2)17-8-6-16(7-9-17)21-27-20-18(11-13-25-22(20)28-21)23(30)26-19-14-24-12-10-15(19)3/h6-14H,4-5H2,1-3H3,(H,26,30)(H,25,27,28). The van der Waals surface area contributed by atoms with Gasteiger partial charge in [-0.3, -0.25) is 9.78 Å². The van der Waals surface area contributed by atoms with Crippen LogP contribution in [0.1, 0.15) is 29.8 Å². The maximum absolute atomic E-state index is 12.9. The van der Waals surface area contributed by atoms with Crippen molar-refractivity contribution in [2.24, 2.45) is 0 Å². The van der Waals surface area contributed by atoms with Crippen LogP contribution in [0.15, 0.2) is 55.0 Å². The van der Waals surface area contributed by atoms with Crippen LogP contribution >= 0.6 is 0 Å².